The molecule has 0 saturated heterocycles. The van der Waals surface area contributed by atoms with Crippen LogP contribution in [0, 0.1) is 0 Å². The van der Waals surface area contributed by atoms with Crippen molar-refractivity contribution in [3.63, 3.8) is 0 Å². The average molecular weight is 233 g/mol. The van der Waals surface area contributed by atoms with Crippen LogP contribution in [0.1, 0.15) is 12.5 Å². The van der Waals surface area contributed by atoms with Crippen LogP contribution in [0.15, 0.2) is 29.3 Å². The zero-order chi connectivity index (χ0) is 12.3. The number of hydrogen-bond acceptors (Lipinski definition) is 4. The van der Waals surface area contributed by atoms with Gasteiger partial charge in [0.1, 0.15) is 12.6 Å². The molecule has 0 saturated carbocycles. The quantitative estimate of drug-likeness (QED) is 0.855. The van der Waals surface area contributed by atoms with Crippen LogP contribution in [0.2, 0.25) is 0 Å². The van der Waals surface area contributed by atoms with E-state index < -0.39 is 0 Å². The number of nitrogens with two attached hydrogens (primary N) is 1. The Morgan fingerprint density at radius 2 is 2.35 bits per heavy atom. The van der Waals surface area contributed by atoms with Gasteiger partial charge in [-0.1, -0.05) is 19.1 Å². The third kappa shape index (κ3) is 2.90. The van der Waals surface area contributed by atoms with Crippen LogP contribution in [0.4, 0.5) is 5.69 Å². The van der Waals surface area contributed by atoms with E-state index in [2.05, 4.69) is 48.1 Å². The Balaban J connectivity index is 2.01. The van der Waals surface area contributed by atoms with E-state index in [1.165, 1.54) is 11.3 Å². The lowest BCUT2D eigenvalue weighted by Crippen LogP contribution is -2.28. The fourth-order valence-electron chi connectivity index (χ4n) is 1.96. The summed E-state index contributed by atoms with van der Waals surface area (Å²) in [5, 5.41) is 0. The molecule has 2 N–H and O–H groups in total. The highest BCUT2D eigenvalue weighted by molar-refractivity contribution is 5.73. The Hall–Kier alpha value is -1.71. The molecule has 4 nitrogen and oxygen atoms in total. The molecule has 0 bridgehead atoms. The summed E-state index contributed by atoms with van der Waals surface area (Å²) in [6, 6.07) is 9.01. The second-order valence-electron chi connectivity index (χ2n) is 4.34. The van der Waals surface area contributed by atoms with Crippen LogP contribution in [0.5, 0.6) is 0 Å². The number of anilines is 1. The number of aryl methyl sites for hydroxylation is 1. The smallest absolute Gasteiger partial charge is 0.282 e. The first kappa shape index (κ1) is 11.8. The number of benzene rings is 1. The largest absolute Gasteiger partial charge is 0.463 e. The Kier molecular flexibility index (Phi) is 3.52. The molecule has 0 aliphatic carbocycles. The molecule has 0 radical (unpaired) electrons. The van der Waals surface area contributed by atoms with Gasteiger partial charge in [-0.25, -0.2) is 4.99 Å². The minimum absolute atomic E-state index is 0.144. The molecule has 0 amide bonds. The Bertz CT molecular complexity index is 417. The van der Waals surface area contributed by atoms with Gasteiger partial charge in [-0.15, -0.1) is 0 Å². The predicted molar refractivity (Wildman–Crippen MR) is 70.5 cm³/mol. The molecular formula is C13H19N3O. The molecule has 1 aromatic carbocycles. The summed E-state index contributed by atoms with van der Waals surface area (Å²) >= 11 is 0. The fraction of sp³-hybridized carbons (Fsp3) is 0.462. The molecule has 4 heteroatoms. The summed E-state index contributed by atoms with van der Waals surface area (Å²) < 4.78 is 5.15. The van der Waals surface area contributed by atoms with Crippen LogP contribution in [-0.4, -0.2) is 32.3 Å². The van der Waals surface area contributed by atoms with Crippen LogP contribution < -0.4 is 10.6 Å². The van der Waals surface area contributed by atoms with E-state index in [1.807, 2.05) is 0 Å². The van der Waals surface area contributed by atoms with Gasteiger partial charge in [0.2, 0.25) is 0 Å². The second-order valence-corrected chi connectivity index (χ2v) is 4.34. The summed E-state index contributed by atoms with van der Waals surface area (Å²) in [6.07, 6.45) is 1.05. The van der Waals surface area contributed by atoms with Gasteiger partial charge in [0.25, 0.3) is 6.02 Å². The first-order chi connectivity index (χ1) is 8.19. The number of nitrogens with zero attached hydrogens (tertiary/aromatic N) is 2. The van der Waals surface area contributed by atoms with Crippen molar-refractivity contribution in [2.24, 2.45) is 10.7 Å². The molecule has 1 aliphatic heterocycles. The fourth-order valence-corrected chi connectivity index (χ4v) is 1.96. The molecule has 2 rings (SSSR count). The van der Waals surface area contributed by atoms with Crippen LogP contribution in [0.25, 0.3) is 0 Å². The van der Waals surface area contributed by atoms with Crippen molar-refractivity contribution in [3.8, 4) is 0 Å². The van der Waals surface area contributed by atoms with E-state index in [9.17, 15) is 0 Å². The second kappa shape index (κ2) is 5.08. The van der Waals surface area contributed by atoms with Gasteiger partial charge in [-0.3, -0.25) is 0 Å². The van der Waals surface area contributed by atoms with Gasteiger partial charge < -0.3 is 15.4 Å². The Morgan fingerprint density at radius 1 is 1.53 bits per heavy atom. The monoisotopic (exact) mass is 233 g/mol. The Labute approximate surface area is 102 Å². The first-order valence-corrected chi connectivity index (χ1v) is 5.95. The van der Waals surface area contributed by atoms with Gasteiger partial charge in [0.05, 0.1) is 0 Å². The van der Waals surface area contributed by atoms with Crippen LogP contribution in [-0.2, 0) is 11.2 Å². The van der Waals surface area contributed by atoms with Gasteiger partial charge in [0.15, 0.2) is 0 Å². The molecular weight excluding hydrogens is 214 g/mol. The van der Waals surface area contributed by atoms with Gasteiger partial charge >= 0.3 is 0 Å². The van der Waals surface area contributed by atoms with E-state index in [-0.39, 0.29) is 6.04 Å². The summed E-state index contributed by atoms with van der Waals surface area (Å²) in [5.74, 6) is 0. The third-order valence-electron chi connectivity index (χ3n) is 2.98. The summed E-state index contributed by atoms with van der Waals surface area (Å²) in [5.41, 5.74) is 8.05. The Morgan fingerprint density at radius 3 is 3.00 bits per heavy atom. The normalized spacial score (nSPS) is 18.7. The maximum Gasteiger partial charge on any atom is 0.282 e. The van der Waals surface area contributed by atoms with Crippen LogP contribution in [0.3, 0.4) is 0 Å². The van der Waals surface area contributed by atoms with Crippen molar-refractivity contribution in [2.75, 3.05) is 25.1 Å². The summed E-state index contributed by atoms with van der Waals surface area (Å²) in [4.78, 5) is 6.42. The molecule has 0 fully saturated rings. The molecule has 1 unspecified atom stereocenters. The lowest BCUT2D eigenvalue weighted by Gasteiger charge is -2.21. The van der Waals surface area contributed by atoms with Gasteiger partial charge in [0, 0.05) is 19.3 Å². The maximum atomic E-state index is 5.49. The van der Waals surface area contributed by atoms with Gasteiger partial charge in [-0.05, 0) is 24.1 Å². The van der Waals surface area contributed by atoms with Crippen molar-refractivity contribution in [2.45, 2.75) is 19.4 Å². The van der Waals surface area contributed by atoms with Crippen LogP contribution >= 0.6 is 0 Å². The lowest BCUT2D eigenvalue weighted by molar-refractivity contribution is 0.314. The SMILES string of the molecule is CCc1cccc(N(C)CC2COC(N)=N2)c1. The van der Waals surface area contributed by atoms with Crippen molar-refractivity contribution >= 4 is 11.7 Å². The van der Waals surface area contributed by atoms with E-state index in [1.54, 1.807) is 0 Å². The molecule has 1 aliphatic rings. The predicted octanol–water partition coefficient (Wildman–Crippen LogP) is 1.40. The zero-order valence-electron chi connectivity index (χ0n) is 10.4. The topological polar surface area (TPSA) is 50.9 Å². The molecule has 1 atom stereocenters. The number of hydrogen-bond donors (Lipinski definition) is 1. The summed E-state index contributed by atoms with van der Waals surface area (Å²) in [6.45, 7) is 3.58. The molecule has 1 heterocycles. The molecule has 0 spiro atoms. The molecule has 1 aromatic rings. The minimum atomic E-state index is 0.144. The average Bonchev–Trinajstić information content (AvgIpc) is 2.75. The van der Waals surface area contributed by atoms with E-state index in [0.717, 1.165) is 13.0 Å². The van der Waals surface area contributed by atoms with E-state index >= 15 is 0 Å². The van der Waals surface area contributed by atoms with Crippen molar-refractivity contribution < 1.29 is 4.74 Å². The number of aliphatic imine (C=N–C) groups is 1. The molecule has 0 aromatic heterocycles. The first-order valence-electron chi connectivity index (χ1n) is 5.95. The summed E-state index contributed by atoms with van der Waals surface area (Å²) in [7, 11) is 2.07. The van der Waals surface area contributed by atoms with E-state index in [4.69, 9.17) is 10.5 Å². The highest BCUT2D eigenvalue weighted by atomic mass is 16.5. The molecule has 92 valence electrons. The van der Waals surface area contributed by atoms with Crippen molar-refractivity contribution in [3.05, 3.63) is 29.8 Å². The zero-order valence-corrected chi connectivity index (χ0v) is 10.4. The minimum Gasteiger partial charge on any atom is -0.463 e. The van der Waals surface area contributed by atoms with E-state index in [0.29, 0.717) is 12.6 Å². The van der Waals surface area contributed by atoms with Gasteiger partial charge in [-0.2, -0.15) is 0 Å². The number of rotatable bonds is 4. The standard InChI is InChI=1S/C13H19N3O/c1-3-10-5-4-6-12(7-10)16(2)8-11-9-17-13(14)15-11/h4-7,11H,3,8-9H2,1-2H3,(H2,14,15). The number of ether oxygens (including phenoxy) is 1. The highest BCUT2D eigenvalue weighted by Crippen LogP contribution is 2.16. The maximum absolute atomic E-state index is 5.49. The highest BCUT2D eigenvalue weighted by Gasteiger charge is 2.18. The molecule has 17 heavy (non-hydrogen) atoms. The van der Waals surface area contributed by atoms with Crippen molar-refractivity contribution in [1.29, 1.82) is 0 Å². The third-order valence-corrected chi connectivity index (χ3v) is 2.98. The number of likely N-dealkylation sites (N-methyl/N-ethyl adjacent to an activating group) is 1. The number of amidine groups is 1. The lowest BCUT2D eigenvalue weighted by atomic mass is 10.1. The van der Waals surface area contributed by atoms with Crippen molar-refractivity contribution in [1.82, 2.24) is 0 Å².